The Hall–Kier alpha value is -2.23. The molecule has 0 saturated heterocycles. The highest BCUT2D eigenvalue weighted by Crippen LogP contribution is 2.31. The first-order chi connectivity index (χ1) is 9.49. The SMILES string of the molecule is Cc1cc(C(C)n2c(N)nc3c(C)cccc32)c(C)o1. The van der Waals surface area contributed by atoms with Gasteiger partial charge in [0.05, 0.1) is 17.1 Å². The molecule has 1 aromatic carbocycles. The lowest BCUT2D eigenvalue weighted by molar-refractivity contribution is 0.495. The van der Waals surface area contributed by atoms with Crippen LogP contribution in [0.5, 0.6) is 0 Å². The third-order valence-electron chi connectivity index (χ3n) is 3.87. The van der Waals surface area contributed by atoms with Gasteiger partial charge in [-0.1, -0.05) is 12.1 Å². The molecule has 0 aliphatic carbocycles. The van der Waals surface area contributed by atoms with Gasteiger partial charge in [0.15, 0.2) is 0 Å². The Morgan fingerprint density at radius 3 is 2.65 bits per heavy atom. The van der Waals surface area contributed by atoms with Crippen molar-refractivity contribution in [1.29, 1.82) is 0 Å². The van der Waals surface area contributed by atoms with Crippen LogP contribution in [0.25, 0.3) is 11.0 Å². The summed E-state index contributed by atoms with van der Waals surface area (Å²) >= 11 is 0. The maximum Gasteiger partial charge on any atom is 0.201 e. The van der Waals surface area contributed by atoms with Crippen molar-refractivity contribution in [1.82, 2.24) is 9.55 Å². The van der Waals surface area contributed by atoms with Crippen LogP contribution >= 0.6 is 0 Å². The predicted octanol–water partition coefficient (Wildman–Crippen LogP) is 3.75. The molecular weight excluding hydrogens is 250 g/mol. The van der Waals surface area contributed by atoms with Gasteiger partial charge in [0.1, 0.15) is 11.5 Å². The molecule has 4 heteroatoms. The zero-order chi connectivity index (χ0) is 14.4. The molecule has 4 nitrogen and oxygen atoms in total. The van der Waals surface area contributed by atoms with E-state index in [4.69, 9.17) is 10.2 Å². The fourth-order valence-corrected chi connectivity index (χ4v) is 2.89. The zero-order valence-corrected chi connectivity index (χ0v) is 12.3. The van der Waals surface area contributed by atoms with Gasteiger partial charge in [-0.3, -0.25) is 0 Å². The van der Waals surface area contributed by atoms with E-state index >= 15 is 0 Å². The van der Waals surface area contributed by atoms with E-state index in [0.29, 0.717) is 5.95 Å². The summed E-state index contributed by atoms with van der Waals surface area (Å²) in [6.45, 7) is 8.12. The van der Waals surface area contributed by atoms with E-state index in [1.165, 1.54) is 0 Å². The van der Waals surface area contributed by atoms with Crippen molar-refractivity contribution in [2.75, 3.05) is 5.73 Å². The Balaban J connectivity index is 2.21. The summed E-state index contributed by atoms with van der Waals surface area (Å²) in [6, 6.07) is 8.32. The number of nitrogen functional groups attached to an aromatic ring is 1. The molecule has 0 aliphatic rings. The van der Waals surface area contributed by atoms with Crippen LogP contribution in [0.3, 0.4) is 0 Å². The average Bonchev–Trinajstić information content (AvgIpc) is 2.89. The van der Waals surface area contributed by atoms with Gasteiger partial charge < -0.3 is 14.7 Å². The van der Waals surface area contributed by atoms with Crippen molar-refractivity contribution in [2.45, 2.75) is 33.7 Å². The Kier molecular flexibility index (Phi) is 2.82. The van der Waals surface area contributed by atoms with E-state index in [0.717, 1.165) is 33.7 Å². The number of imidazole rings is 1. The molecule has 20 heavy (non-hydrogen) atoms. The maximum atomic E-state index is 6.14. The van der Waals surface area contributed by atoms with Crippen LogP contribution in [0.4, 0.5) is 5.95 Å². The first-order valence-electron chi connectivity index (χ1n) is 6.79. The Labute approximate surface area is 118 Å². The monoisotopic (exact) mass is 269 g/mol. The van der Waals surface area contributed by atoms with E-state index in [1.54, 1.807) is 0 Å². The number of para-hydroxylation sites is 1. The molecule has 2 aromatic heterocycles. The number of anilines is 1. The Morgan fingerprint density at radius 1 is 1.25 bits per heavy atom. The number of hydrogen-bond acceptors (Lipinski definition) is 3. The Morgan fingerprint density at radius 2 is 2.00 bits per heavy atom. The van der Waals surface area contributed by atoms with Crippen LogP contribution in [-0.4, -0.2) is 9.55 Å². The van der Waals surface area contributed by atoms with Crippen molar-refractivity contribution in [3.05, 3.63) is 46.9 Å². The largest absolute Gasteiger partial charge is 0.466 e. The van der Waals surface area contributed by atoms with Crippen molar-refractivity contribution in [3.63, 3.8) is 0 Å². The van der Waals surface area contributed by atoms with Crippen LogP contribution in [0, 0.1) is 20.8 Å². The molecule has 0 saturated carbocycles. The normalized spacial score (nSPS) is 13.0. The highest BCUT2D eigenvalue weighted by atomic mass is 16.3. The first-order valence-corrected chi connectivity index (χ1v) is 6.79. The maximum absolute atomic E-state index is 6.14. The third kappa shape index (κ3) is 1.80. The molecule has 0 radical (unpaired) electrons. The van der Waals surface area contributed by atoms with Crippen molar-refractivity contribution in [3.8, 4) is 0 Å². The fourth-order valence-electron chi connectivity index (χ4n) is 2.89. The highest BCUT2D eigenvalue weighted by molar-refractivity contribution is 5.81. The average molecular weight is 269 g/mol. The molecule has 0 amide bonds. The van der Waals surface area contributed by atoms with Crippen molar-refractivity contribution < 1.29 is 4.42 Å². The summed E-state index contributed by atoms with van der Waals surface area (Å²) in [7, 11) is 0. The molecule has 3 rings (SSSR count). The quantitative estimate of drug-likeness (QED) is 0.771. The Bertz CT molecular complexity index is 782. The number of rotatable bonds is 2. The summed E-state index contributed by atoms with van der Waals surface area (Å²) in [5, 5.41) is 0. The van der Waals surface area contributed by atoms with E-state index in [-0.39, 0.29) is 6.04 Å². The molecule has 1 unspecified atom stereocenters. The summed E-state index contributed by atoms with van der Waals surface area (Å²) in [4.78, 5) is 4.51. The van der Waals surface area contributed by atoms with Crippen LogP contribution in [0.2, 0.25) is 0 Å². The van der Waals surface area contributed by atoms with E-state index in [9.17, 15) is 0 Å². The second-order valence-electron chi connectivity index (χ2n) is 5.33. The second kappa shape index (κ2) is 4.40. The molecule has 0 spiro atoms. The minimum absolute atomic E-state index is 0.0965. The van der Waals surface area contributed by atoms with Gasteiger partial charge >= 0.3 is 0 Å². The lowest BCUT2D eigenvalue weighted by Gasteiger charge is -2.15. The van der Waals surface area contributed by atoms with Crippen LogP contribution in [-0.2, 0) is 0 Å². The number of nitrogens with two attached hydrogens (primary N) is 1. The molecular formula is C16H19N3O. The van der Waals surface area contributed by atoms with E-state index < -0.39 is 0 Å². The minimum atomic E-state index is 0.0965. The van der Waals surface area contributed by atoms with Gasteiger partial charge in [0.2, 0.25) is 5.95 Å². The summed E-state index contributed by atoms with van der Waals surface area (Å²) in [5.41, 5.74) is 10.5. The lowest BCUT2D eigenvalue weighted by atomic mass is 10.1. The highest BCUT2D eigenvalue weighted by Gasteiger charge is 2.19. The topological polar surface area (TPSA) is 57.0 Å². The number of fused-ring (bicyclic) bond motifs is 1. The van der Waals surface area contributed by atoms with Gasteiger partial charge in [-0.25, -0.2) is 4.98 Å². The second-order valence-corrected chi connectivity index (χ2v) is 5.33. The van der Waals surface area contributed by atoms with Gasteiger partial charge in [-0.05, 0) is 45.4 Å². The van der Waals surface area contributed by atoms with Crippen LogP contribution in [0.15, 0.2) is 28.7 Å². The standard InChI is InChI=1S/C16H19N3O/c1-9-6-5-7-14-15(9)18-16(17)19(14)11(3)13-8-10(2)20-12(13)4/h5-8,11H,1-4H3,(H2,17,18). The van der Waals surface area contributed by atoms with Crippen LogP contribution < -0.4 is 5.73 Å². The molecule has 104 valence electrons. The molecule has 2 N–H and O–H groups in total. The minimum Gasteiger partial charge on any atom is -0.466 e. The number of hydrogen-bond donors (Lipinski definition) is 1. The van der Waals surface area contributed by atoms with Crippen LogP contribution in [0.1, 0.15) is 35.6 Å². The number of furan rings is 1. The third-order valence-corrected chi connectivity index (χ3v) is 3.87. The van der Waals surface area contributed by atoms with Gasteiger partial charge in [-0.2, -0.15) is 0 Å². The van der Waals surface area contributed by atoms with Crippen molar-refractivity contribution in [2.24, 2.45) is 0 Å². The molecule has 2 heterocycles. The van der Waals surface area contributed by atoms with E-state index in [1.807, 2.05) is 19.9 Å². The summed E-state index contributed by atoms with van der Waals surface area (Å²) in [6.07, 6.45) is 0. The van der Waals surface area contributed by atoms with E-state index in [2.05, 4.69) is 41.6 Å². The molecule has 0 bridgehead atoms. The van der Waals surface area contributed by atoms with Crippen molar-refractivity contribution >= 4 is 17.0 Å². The fraction of sp³-hybridized carbons (Fsp3) is 0.312. The van der Waals surface area contributed by atoms with Gasteiger partial charge in [0, 0.05) is 5.56 Å². The lowest BCUT2D eigenvalue weighted by Crippen LogP contribution is -2.10. The smallest absolute Gasteiger partial charge is 0.201 e. The number of benzene rings is 1. The number of aryl methyl sites for hydroxylation is 3. The number of nitrogens with zero attached hydrogens (tertiary/aromatic N) is 2. The predicted molar refractivity (Wildman–Crippen MR) is 80.9 cm³/mol. The first kappa shape index (κ1) is 12.8. The zero-order valence-electron chi connectivity index (χ0n) is 12.3. The summed E-state index contributed by atoms with van der Waals surface area (Å²) in [5.74, 6) is 2.40. The molecule has 0 fully saturated rings. The van der Waals surface area contributed by atoms with Gasteiger partial charge in [-0.15, -0.1) is 0 Å². The number of aromatic nitrogens is 2. The molecule has 1 atom stereocenters. The van der Waals surface area contributed by atoms with Gasteiger partial charge in [0.25, 0.3) is 0 Å². The molecule has 0 aliphatic heterocycles. The summed E-state index contributed by atoms with van der Waals surface area (Å²) < 4.78 is 7.70. The molecule has 3 aromatic rings.